The van der Waals surface area contributed by atoms with Crippen molar-refractivity contribution in [3.05, 3.63) is 52.6 Å². The molecule has 2 rings (SSSR count). The molecule has 0 saturated heterocycles. The van der Waals surface area contributed by atoms with Gasteiger partial charge in [-0.1, -0.05) is 13.3 Å². The average molecular weight is 359 g/mol. The average Bonchev–Trinajstić information content (AvgIpc) is 2.57. The Balaban J connectivity index is 2.16. The van der Waals surface area contributed by atoms with Gasteiger partial charge in [-0.3, -0.25) is 0 Å². The number of benzene rings is 2. The van der Waals surface area contributed by atoms with Crippen LogP contribution in [0.5, 0.6) is 5.75 Å². The molecule has 0 heterocycles. The van der Waals surface area contributed by atoms with Gasteiger partial charge in [0.05, 0.1) is 6.61 Å². The van der Waals surface area contributed by atoms with Crippen LogP contribution >= 0.6 is 0 Å². The van der Waals surface area contributed by atoms with Gasteiger partial charge in [0, 0.05) is 6.61 Å². The van der Waals surface area contributed by atoms with Crippen molar-refractivity contribution in [1.82, 2.24) is 0 Å². The van der Waals surface area contributed by atoms with Crippen LogP contribution in [0, 0.1) is 36.8 Å². The zero-order valence-corrected chi connectivity index (χ0v) is 15.4. The predicted molar refractivity (Wildman–Crippen MR) is 97.2 cm³/mol. The van der Waals surface area contributed by atoms with Gasteiger partial charge in [0.1, 0.15) is 35.6 Å². The second-order valence-electron chi connectivity index (χ2n) is 6.17. The SMILES string of the molecule is CCCCOCCOc1cc(C)c(-c2cc(F)c(C#N)c(F)c2)c(C)c1. The highest BCUT2D eigenvalue weighted by Gasteiger charge is 2.15. The molecule has 0 radical (unpaired) electrons. The van der Waals surface area contributed by atoms with E-state index in [0.29, 0.717) is 24.5 Å². The van der Waals surface area contributed by atoms with Crippen molar-refractivity contribution < 1.29 is 18.3 Å². The summed E-state index contributed by atoms with van der Waals surface area (Å²) in [6, 6.07) is 7.60. The van der Waals surface area contributed by atoms with Crippen LogP contribution in [0.4, 0.5) is 8.78 Å². The van der Waals surface area contributed by atoms with Crippen LogP contribution in [0.25, 0.3) is 11.1 Å². The van der Waals surface area contributed by atoms with Gasteiger partial charge in [0.25, 0.3) is 0 Å². The zero-order chi connectivity index (χ0) is 19.1. The lowest BCUT2D eigenvalue weighted by atomic mass is 9.94. The molecule has 0 aromatic heterocycles. The van der Waals surface area contributed by atoms with Crippen molar-refractivity contribution in [2.75, 3.05) is 19.8 Å². The van der Waals surface area contributed by atoms with Crippen LogP contribution in [-0.2, 0) is 4.74 Å². The molecule has 3 nitrogen and oxygen atoms in total. The number of nitriles is 1. The van der Waals surface area contributed by atoms with Crippen LogP contribution < -0.4 is 4.74 Å². The molecule has 0 aliphatic rings. The number of unbranched alkanes of at least 4 members (excludes halogenated alkanes) is 1. The number of hydrogen-bond acceptors (Lipinski definition) is 3. The molecule has 2 aromatic carbocycles. The van der Waals surface area contributed by atoms with Gasteiger partial charge in [-0.25, -0.2) is 8.78 Å². The lowest BCUT2D eigenvalue weighted by Gasteiger charge is -2.14. The van der Waals surface area contributed by atoms with E-state index in [9.17, 15) is 8.78 Å². The quantitative estimate of drug-likeness (QED) is 0.599. The molecule has 0 N–H and O–H groups in total. The third-order valence-electron chi connectivity index (χ3n) is 4.09. The molecule has 0 bridgehead atoms. The highest BCUT2D eigenvalue weighted by atomic mass is 19.1. The summed E-state index contributed by atoms with van der Waals surface area (Å²) in [6.45, 7) is 7.53. The molecule has 0 unspecified atom stereocenters. The predicted octanol–water partition coefficient (Wildman–Crippen LogP) is 5.32. The van der Waals surface area contributed by atoms with Crippen molar-refractivity contribution in [3.63, 3.8) is 0 Å². The Kier molecular flexibility index (Phi) is 7.11. The Labute approximate surface area is 153 Å². The molecule has 0 fully saturated rings. The van der Waals surface area contributed by atoms with Gasteiger partial charge in [0.2, 0.25) is 0 Å². The van der Waals surface area contributed by atoms with E-state index in [-0.39, 0.29) is 0 Å². The lowest BCUT2D eigenvalue weighted by molar-refractivity contribution is 0.0980. The molecule has 2 aromatic rings. The minimum atomic E-state index is -0.856. The summed E-state index contributed by atoms with van der Waals surface area (Å²) >= 11 is 0. The molecular weight excluding hydrogens is 336 g/mol. The fourth-order valence-corrected chi connectivity index (χ4v) is 2.85. The van der Waals surface area contributed by atoms with Crippen LogP contribution in [0.2, 0.25) is 0 Å². The maximum absolute atomic E-state index is 13.9. The first kappa shape index (κ1) is 19.9. The number of rotatable bonds is 8. The molecule has 26 heavy (non-hydrogen) atoms. The van der Waals surface area contributed by atoms with Crippen molar-refractivity contribution >= 4 is 0 Å². The third-order valence-corrected chi connectivity index (χ3v) is 4.09. The van der Waals surface area contributed by atoms with E-state index in [2.05, 4.69) is 6.92 Å². The molecule has 0 aliphatic heterocycles. The topological polar surface area (TPSA) is 42.2 Å². The minimum absolute atomic E-state index is 0.406. The smallest absolute Gasteiger partial charge is 0.144 e. The Morgan fingerprint density at radius 1 is 0.962 bits per heavy atom. The van der Waals surface area contributed by atoms with Crippen molar-refractivity contribution in [2.45, 2.75) is 33.6 Å². The first-order chi connectivity index (χ1) is 12.5. The standard InChI is InChI=1S/C21H23F2NO2/c1-4-5-6-25-7-8-26-17-9-14(2)21(15(3)10-17)16-11-19(22)18(13-24)20(23)12-16/h9-12H,4-8H2,1-3H3. The summed E-state index contributed by atoms with van der Waals surface area (Å²) in [4.78, 5) is 0. The van der Waals surface area contributed by atoms with E-state index in [1.54, 1.807) is 6.07 Å². The van der Waals surface area contributed by atoms with E-state index in [4.69, 9.17) is 14.7 Å². The summed E-state index contributed by atoms with van der Waals surface area (Å²) in [5.74, 6) is -1.02. The summed E-state index contributed by atoms with van der Waals surface area (Å²) in [5.41, 5.74) is 2.26. The fourth-order valence-electron chi connectivity index (χ4n) is 2.85. The molecule has 0 atom stereocenters. The van der Waals surface area contributed by atoms with Crippen LogP contribution in [0.15, 0.2) is 24.3 Å². The third kappa shape index (κ3) is 4.80. The number of nitrogens with zero attached hydrogens (tertiary/aromatic N) is 1. The van der Waals surface area contributed by atoms with Crippen LogP contribution in [0.1, 0.15) is 36.5 Å². The normalized spacial score (nSPS) is 10.6. The Hall–Kier alpha value is -2.45. The van der Waals surface area contributed by atoms with Crippen LogP contribution in [0.3, 0.4) is 0 Å². The maximum atomic E-state index is 13.9. The summed E-state index contributed by atoms with van der Waals surface area (Å²) < 4.78 is 39.0. The molecule has 0 aliphatic carbocycles. The summed E-state index contributed by atoms with van der Waals surface area (Å²) in [5, 5.41) is 8.80. The molecule has 0 spiro atoms. The van der Waals surface area contributed by atoms with Gasteiger partial charge in [0.15, 0.2) is 0 Å². The molecule has 5 heteroatoms. The van der Waals surface area contributed by atoms with Crippen LogP contribution in [-0.4, -0.2) is 19.8 Å². The van der Waals surface area contributed by atoms with Crippen molar-refractivity contribution in [2.24, 2.45) is 0 Å². The molecular formula is C21H23F2NO2. The van der Waals surface area contributed by atoms with E-state index >= 15 is 0 Å². The van der Waals surface area contributed by atoms with E-state index < -0.39 is 17.2 Å². The van der Waals surface area contributed by atoms with Gasteiger partial charge >= 0.3 is 0 Å². The second kappa shape index (κ2) is 9.30. The van der Waals surface area contributed by atoms with E-state index in [1.807, 2.05) is 26.0 Å². The van der Waals surface area contributed by atoms with E-state index in [1.165, 1.54) is 12.1 Å². The van der Waals surface area contributed by atoms with Crippen molar-refractivity contribution in [3.8, 4) is 22.9 Å². The fraction of sp³-hybridized carbons (Fsp3) is 0.381. The van der Waals surface area contributed by atoms with Gasteiger partial charge in [-0.05, 0) is 66.8 Å². The highest BCUT2D eigenvalue weighted by Crippen LogP contribution is 2.32. The Morgan fingerprint density at radius 3 is 2.12 bits per heavy atom. The Morgan fingerprint density at radius 2 is 1.58 bits per heavy atom. The van der Waals surface area contributed by atoms with Gasteiger partial charge in [-0.15, -0.1) is 0 Å². The number of halogens is 2. The summed E-state index contributed by atoms with van der Waals surface area (Å²) in [7, 11) is 0. The number of ether oxygens (including phenoxy) is 2. The van der Waals surface area contributed by atoms with Crippen molar-refractivity contribution in [1.29, 1.82) is 5.26 Å². The molecule has 138 valence electrons. The minimum Gasteiger partial charge on any atom is -0.491 e. The molecule has 0 saturated carbocycles. The first-order valence-corrected chi connectivity index (χ1v) is 8.69. The monoisotopic (exact) mass is 359 g/mol. The van der Waals surface area contributed by atoms with Gasteiger partial charge < -0.3 is 9.47 Å². The number of aryl methyl sites for hydroxylation is 2. The largest absolute Gasteiger partial charge is 0.491 e. The summed E-state index contributed by atoms with van der Waals surface area (Å²) in [6.07, 6.45) is 2.13. The van der Waals surface area contributed by atoms with Gasteiger partial charge in [-0.2, -0.15) is 5.26 Å². The van der Waals surface area contributed by atoms with E-state index in [0.717, 1.165) is 36.1 Å². The highest BCUT2D eigenvalue weighted by molar-refractivity contribution is 5.72. The first-order valence-electron chi connectivity index (χ1n) is 8.69. The molecule has 0 amide bonds. The zero-order valence-electron chi connectivity index (χ0n) is 15.4. The number of hydrogen-bond donors (Lipinski definition) is 0. The lowest BCUT2D eigenvalue weighted by Crippen LogP contribution is -2.08. The maximum Gasteiger partial charge on any atom is 0.144 e. The Bertz CT molecular complexity index is 766. The second-order valence-corrected chi connectivity index (χ2v) is 6.17.